The molecule has 2 aromatic carbocycles. The molecule has 0 saturated heterocycles. The van der Waals surface area contributed by atoms with Gasteiger partial charge in [-0.05, 0) is 38.5 Å². The van der Waals surface area contributed by atoms with Gasteiger partial charge in [0.05, 0.1) is 24.5 Å². The van der Waals surface area contributed by atoms with Gasteiger partial charge in [-0.2, -0.15) is 5.26 Å². The Bertz CT molecular complexity index is 1070. The minimum Gasteiger partial charge on any atom is -0.490 e. The molecule has 0 radical (unpaired) electrons. The smallest absolute Gasteiger partial charge is 0.350 e. The summed E-state index contributed by atoms with van der Waals surface area (Å²) < 4.78 is 16.8. The van der Waals surface area contributed by atoms with Gasteiger partial charge in [-0.15, -0.1) is 11.3 Å². The van der Waals surface area contributed by atoms with E-state index < -0.39 is 5.97 Å². The lowest BCUT2D eigenvalue weighted by Gasteiger charge is -2.14. The zero-order chi connectivity index (χ0) is 21.5. The summed E-state index contributed by atoms with van der Waals surface area (Å²) in [6.07, 6.45) is 0. The van der Waals surface area contributed by atoms with Crippen LogP contribution in [0.5, 0.6) is 11.5 Å². The van der Waals surface area contributed by atoms with Gasteiger partial charge in [0, 0.05) is 5.56 Å². The predicted molar refractivity (Wildman–Crippen MR) is 115 cm³/mol. The second-order valence-electron chi connectivity index (χ2n) is 6.32. The van der Waals surface area contributed by atoms with E-state index in [0.717, 1.165) is 5.56 Å². The van der Waals surface area contributed by atoms with Crippen LogP contribution in [0.3, 0.4) is 0 Å². The van der Waals surface area contributed by atoms with Gasteiger partial charge in [0.2, 0.25) is 0 Å². The summed E-state index contributed by atoms with van der Waals surface area (Å²) in [4.78, 5) is 17.1. The third kappa shape index (κ3) is 4.78. The monoisotopic (exact) mass is 422 g/mol. The van der Waals surface area contributed by atoms with Crippen LogP contribution in [0.25, 0.3) is 10.6 Å². The number of hydrogen-bond acceptors (Lipinski definition) is 7. The lowest BCUT2D eigenvalue weighted by Crippen LogP contribution is -2.03. The first-order valence-corrected chi connectivity index (χ1v) is 10.4. The summed E-state index contributed by atoms with van der Waals surface area (Å²) in [6.45, 7) is 6.42. The summed E-state index contributed by atoms with van der Waals surface area (Å²) in [5, 5.41) is 10.3. The molecule has 0 amide bonds. The van der Waals surface area contributed by atoms with E-state index in [0.29, 0.717) is 58.0 Å². The molecule has 1 heterocycles. The van der Waals surface area contributed by atoms with Crippen LogP contribution in [0.15, 0.2) is 42.5 Å². The summed E-state index contributed by atoms with van der Waals surface area (Å²) in [5.74, 6) is 0.464. The van der Waals surface area contributed by atoms with Crippen molar-refractivity contribution < 1.29 is 19.0 Å². The number of thiazole rings is 1. The van der Waals surface area contributed by atoms with Crippen LogP contribution in [0.4, 0.5) is 0 Å². The number of rotatable bonds is 8. The Kier molecular flexibility index (Phi) is 7.04. The molecule has 0 aliphatic heterocycles. The zero-order valence-corrected chi connectivity index (χ0v) is 17.9. The number of ether oxygens (including phenoxy) is 3. The Balaban J connectivity index is 1.97. The average molecular weight is 423 g/mol. The van der Waals surface area contributed by atoms with Crippen LogP contribution >= 0.6 is 11.3 Å². The van der Waals surface area contributed by atoms with E-state index in [1.807, 2.05) is 37.3 Å². The Morgan fingerprint density at radius 3 is 2.57 bits per heavy atom. The van der Waals surface area contributed by atoms with Crippen molar-refractivity contribution in [2.75, 3.05) is 13.2 Å². The summed E-state index contributed by atoms with van der Waals surface area (Å²) in [5.41, 5.74) is 2.61. The van der Waals surface area contributed by atoms with Crippen molar-refractivity contribution in [1.29, 1.82) is 5.26 Å². The van der Waals surface area contributed by atoms with E-state index in [4.69, 9.17) is 14.2 Å². The molecule has 3 rings (SSSR count). The highest BCUT2D eigenvalue weighted by Gasteiger charge is 2.20. The fraction of sp³-hybridized carbons (Fsp3) is 0.261. The number of carbonyl (C=O) groups excluding carboxylic acids is 1. The van der Waals surface area contributed by atoms with Crippen LogP contribution in [-0.2, 0) is 11.3 Å². The molecule has 0 unspecified atom stereocenters. The fourth-order valence-electron chi connectivity index (χ4n) is 2.86. The van der Waals surface area contributed by atoms with Gasteiger partial charge in [-0.3, -0.25) is 0 Å². The van der Waals surface area contributed by atoms with Crippen molar-refractivity contribution in [2.45, 2.75) is 27.4 Å². The molecule has 0 bridgehead atoms. The van der Waals surface area contributed by atoms with Crippen molar-refractivity contribution in [3.8, 4) is 28.1 Å². The second-order valence-corrected chi connectivity index (χ2v) is 7.32. The van der Waals surface area contributed by atoms with Crippen LogP contribution in [0.2, 0.25) is 0 Å². The number of esters is 1. The standard InChI is InChI=1S/C23H22N2O4S/c1-4-27-19-12-17(22-25-15(3)21(30-22)23(26)28-5-2)11-18(13-24)20(19)29-14-16-9-7-6-8-10-16/h6-12H,4-5,14H2,1-3H3. The maximum atomic E-state index is 12.1. The molecule has 154 valence electrons. The van der Waals surface area contributed by atoms with E-state index in [1.165, 1.54) is 11.3 Å². The molecule has 0 spiro atoms. The third-order valence-electron chi connectivity index (χ3n) is 4.21. The quantitative estimate of drug-likeness (QED) is 0.467. The molecule has 0 atom stereocenters. The van der Waals surface area contributed by atoms with E-state index in [9.17, 15) is 10.1 Å². The Morgan fingerprint density at radius 2 is 1.90 bits per heavy atom. The van der Waals surface area contributed by atoms with Crippen LogP contribution in [0, 0.1) is 18.3 Å². The Labute approximate surface area is 179 Å². The second kappa shape index (κ2) is 9.90. The van der Waals surface area contributed by atoms with Gasteiger partial charge >= 0.3 is 5.97 Å². The first-order chi connectivity index (χ1) is 14.6. The molecule has 0 aliphatic carbocycles. The molecule has 30 heavy (non-hydrogen) atoms. The molecule has 0 N–H and O–H groups in total. The van der Waals surface area contributed by atoms with Gasteiger partial charge in [-0.25, -0.2) is 9.78 Å². The third-order valence-corrected chi connectivity index (χ3v) is 5.39. The predicted octanol–water partition coefficient (Wildman–Crippen LogP) is 5.14. The topological polar surface area (TPSA) is 81.4 Å². The normalized spacial score (nSPS) is 10.3. The molecule has 7 heteroatoms. The number of aromatic nitrogens is 1. The molecule has 1 aromatic heterocycles. The maximum absolute atomic E-state index is 12.1. The van der Waals surface area contributed by atoms with Crippen molar-refractivity contribution in [2.24, 2.45) is 0 Å². The minimum absolute atomic E-state index is 0.298. The number of nitriles is 1. The van der Waals surface area contributed by atoms with Gasteiger partial charge in [0.15, 0.2) is 11.5 Å². The van der Waals surface area contributed by atoms with E-state index in [1.54, 1.807) is 26.0 Å². The highest BCUT2D eigenvalue weighted by Crippen LogP contribution is 2.38. The number of hydrogen-bond donors (Lipinski definition) is 0. The average Bonchev–Trinajstić information content (AvgIpc) is 3.15. The molecule has 0 saturated carbocycles. The zero-order valence-electron chi connectivity index (χ0n) is 17.1. The Morgan fingerprint density at radius 1 is 1.13 bits per heavy atom. The van der Waals surface area contributed by atoms with Crippen LogP contribution in [-0.4, -0.2) is 24.2 Å². The van der Waals surface area contributed by atoms with Crippen molar-refractivity contribution >= 4 is 17.3 Å². The largest absolute Gasteiger partial charge is 0.490 e. The molecule has 3 aromatic rings. The first-order valence-electron chi connectivity index (χ1n) is 9.59. The van der Waals surface area contributed by atoms with E-state index >= 15 is 0 Å². The van der Waals surface area contributed by atoms with Gasteiger partial charge < -0.3 is 14.2 Å². The van der Waals surface area contributed by atoms with Gasteiger partial charge in [-0.1, -0.05) is 30.3 Å². The molecule has 6 nitrogen and oxygen atoms in total. The highest BCUT2D eigenvalue weighted by atomic mass is 32.1. The molecular formula is C23H22N2O4S. The number of aryl methyl sites for hydroxylation is 1. The SMILES string of the molecule is CCOC(=O)c1sc(-c2cc(C#N)c(OCc3ccccc3)c(OCC)c2)nc1C. The number of nitrogens with zero attached hydrogens (tertiary/aromatic N) is 2. The lowest BCUT2D eigenvalue weighted by molar-refractivity contribution is 0.0531. The fourth-order valence-corrected chi connectivity index (χ4v) is 3.80. The lowest BCUT2D eigenvalue weighted by atomic mass is 10.1. The highest BCUT2D eigenvalue weighted by molar-refractivity contribution is 7.17. The van der Waals surface area contributed by atoms with Crippen LogP contribution < -0.4 is 9.47 Å². The summed E-state index contributed by atoms with van der Waals surface area (Å²) >= 11 is 1.23. The van der Waals surface area contributed by atoms with Crippen molar-refractivity contribution in [3.63, 3.8) is 0 Å². The van der Waals surface area contributed by atoms with E-state index in [-0.39, 0.29) is 0 Å². The minimum atomic E-state index is -0.396. The van der Waals surface area contributed by atoms with Gasteiger partial charge in [0.25, 0.3) is 0 Å². The first kappa shape index (κ1) is 21.3. The van der Waals surface area contributed by atoms with E-state index in [2.05, 4.69) is 11.1 Å². The van der Waals surface area contributed by atoms with Crippen molar-refractivity contribution in [1.82, 2.24) is 4.98 Å². The van der Waals surface area contributed by atoms with Crippen LogP contribution in [0.1, 0.15) is 40.3 Å². The summed E-state index contributed by atoms with van der Waals surface area (Å²) in [7, 11) is 0. The Hall–Kier alpha value is -3.37. The van der Waals surface area contributed by atoms with Crippen molar-refractivity contribution in [3.05, 3.63) is 64.2 Å². The summed E-state index contributed by atoms with van der Waals surface area (Å²) in [6, 6.07) is 15.4. The maximum Gasteiger partial charge on any atom is 0.350 e. The molecular weight excluding hydrogens is 400 g/mol. The number of benzene rings is 2. The number of carbonyl (C=O) groups is 1. The molecule has 0 fully saturated rings. The van der Waals surface area contributed by atoms with Gasteiger partial charge in [0.1, 0.15) is 22.6 Å². The molecule has 0 aliphatic rings.